The van der Waals surface area contributed by atoms with Crippen LogP contribution in [0.25, 0.3) is 0 Å². The van der Waals surface area contributed by atoms with Crippen LogP contribution in [-0.2, 0) is 11.2 Å². The minimum absolute atomic E-state index is 0.0780. The molecular weight excluding hydrogens is 318 g/mol. The molecule has 126 valence electrons. The monoisotopic (exact) mass is 335 g/mol. The van der Waals surface area contributed by atoms with Crippen LogP contribution < -0.4 is 5.32 Å². The van der Waals surface area contributed by atoms with E-state index in [-0.39, 0.29) is 29.8 Å². The largest absolute Gasteiger partial charge is 0.348 e. The molecule has 6 heteroatoms. The number of nitrogens with zero attached hydrogens (tertiary/aromatic N) is 2. The molecule has 0 bridgehead atoms. The first-order valence-electron chi connectivity index (χ1n) is 8.33. The summed E-state index contributed by atoms with van der Waals surface area (Å²) in [6.07, 6.45) is 4.32. The van der Waals surface area contributed by atoms with Crippen molar-refractivity contribution in [1.29, 1.82) is 0 Å². The lowest BCUT2D eigenvalue weighted by atomic mass is 9.88. The highest BCUT2D eigenvalue weighted by Gasteiger charge is 2.38. The molecule has 1 aromatic carbocycles. The lowest BCUT2D eigenvalue weighted by Gasteiger charge is -2.27. The van der Waals surface area contributed by atoms with E-state index < -0.39 is 11.8 Å². The number of hydrogen-bond acceptors (Lipinski definition) is 4. The van der Waals surface area contributed by atoms with Crippen LogP contribution in [0.4, 0.5) is 0 Å². The second-order valence-electron chi connectivity index (χ2n) is 6.31. The number of hydrogen-bond donors (Lipinski definition) is 1. The first kappa shape index (κ1) is 15.5. The third-order valence-corrected chi connectivity index (χ3v) is 4.74. The van der Waals surface area contributed by atoms with Gasteiger partial charge in [-0.15, -0.1) is 0 Å². The SMILES string of the molecule is O=C(CN1C(=O)c2cccnc2C1=O)N[C@H]1CCCc2ccccc21. The van der Waals surface area contributed by atoms with Crippen LogP contribution in [0.15, 0.2) is 42.6 Å². The fraction of sp³-hybridized carbons (Fsp3) is 0.263. The molecule has 25 heavy (non-hydrogen) atoms. The van der Waals surface area contributed by atoms with E-state index in [1.54, 1.807) is 12.1 Å². The number of aryl methyl sites for hydroxylation is 1. The number of pyridine rings is 1. The second kappa shape index (κ2) is 6.12. The van der Waals surface area contributed by atoms with Gasteiger partial charge in [0.1, 0.15) is 12.2 Å². The molecule has 1 aromatic heterocycles. The molecule has 1 aliphatic carbocycles. The Balaban J connectivity index is 1.48. The summed E-state index contributed by atoms with van der Waals surface area (Å²) in [7, 11) is 0. The Morgan fingerprint density at radius 1 is 1.16 bits per heavy atom. The number of rotatable bonds is 3. The van der Waals surface area contributed by atoms with Gasteiger partial charge >= 0.3 is 0 Å². The van der Waals surface area contributed by atoms with Gasteiger partial charge in [0.05, 0.1) is 11.6 Å². The van der Waals surface area contributed by atoms with Crippen molar-refractivity contribution < 1.29 is 14.4 Å². The molecule has 4 rings (SSSR count). The molecule has 0 fully saturated rings. The van der Waals surface area contributed by atoms with E-state index in [1.165, 1.54) is 11.8 Å². The number of imide groups is 1. The zero-order chi connectivity index (χ0) is 17.4. The predicted molar refractivity (Wildman–Crippen MR) is 89.9 cm³/mol. The minimum atomic E-state index is -0.514. The van der Waals surface area contributed by atoms with Gasteiger partial charge < -0.3 is 5.32 Å². The molecule has 1 aliphatic heterocycles. The summed E-state index contributed by atoms with van der Waals surface area (Å²) in [4.78, 5) is 42.0. The third kappa shape index (κ3) is 2.69. The van der Waals surface area contributed by atoms with Crippen LogP contribution in [0.2, 0.25) is 0 Å². The van der Waals surface area contributed by atoms with Crippen molar-refractivity contribution in [3.05, 3.63) is 65.0 Å². The van der Waals surface area contributed by atoms with Crippen LogP contribution >= 0.6 is 0 Å². The van der Waals surface area contributed by atoms with Gasteiger partial charge in [0.2, 0.25) is 5.91 Å². The summed E-state index contributed by atoms with van der Waals surface area (Å²) < 4.78 is 0. The van der Waals surface area contributed by atoms with Crippen LogP contribution in [0.5, 0.6) is 0 Å². The molecule has 0 unspecified atom stereocenters. The smallest absolute Gasteiger partial charge is 0.280 e. The van der Waals surface area contributed by atoms with Crippen molar-refractivity contribution in [1.82, 2.24) is 15.2 Å². The second-order valence-corrected chi connectivity index (χ2v) is 6.31. The number of fused-ring (bicyclic) bond motifs is 2. The van der Waals surface area contributed by atoms with Crippen molar-refractivity contribution in [2.75, 3.05) is 6.54 Å². The van der Waals surface area contributed by atoms with Gasteiger partial charge in [-0.05, 0) is 42.5 Å². The Morgan fingerprint density at radius 3 is 2.84 bits per heavy atom. The summed E-state index contributed by atoms with van der Waals surface area (Å²) in [6.45, 7) is -0.285. The summed E-state index contributed by atoms with van der Waals surface area (Å²) in [6, 6.07) is 11.1. The average molecular weight is 335 g/mol. The molecule has 0 saturated heterocycles. The third-order valence-electron chi connectivity index (χ3n) is 4.74. The number of nitrogens with one attached hydrogen (secondary N) is 1. The average Bonchev–Trinajstić information content (AvgIpc) is 2.87. The van der Waals surface area contributed by atoms with Gasteiger partial charge in [0.15, 0.2) is 0 Å². The first-order valence-corrected chi connectivity index (χ1v) is 8.33. The van der Waals surface area contributed by atoms with Gasteiger partial charge in [-0.2, -0.15) is 0 Å². The number of benzene rings is 1. The number of carbonyl (C=O) groups excluding carboxylic acids is 3. The van der Waals surface area contributed by atoms with Crippen molar-refractivity contribution in [2.24, 2.45) is 0 Å². The maximum absolute atomic E-state index is 12.4. The van der Waals surface area contributed by atoms with Crippen molar-refractivity contribution >= 4 is 17.7 Å². The van der Waals surface area contributed by atoms with Gasteiger partial charge in [-0.3, -0.25) is 24.3 Å². The van der Waals surface area contributed by atoms with Gasteiger partial charge in [-0.25, -0.2) is 0 Å². The van der Waals surface area contributed by atoms with Crippen LogP contribution in [0.3, 0.4) is 0 Å². The van der Waals surface area contributed by atoms with Gasteiger partial charge in [0, 0.05) is 6.20 Å². The quantitative estimate of drug-likeness (QED) is 0.869. The van der Waals surface area contributed by atoms with Gasteiger partial charge in [0.25, 0.3) is 11.8 Å². The summed E-state index contributed by atoms with van der Waals surface area (Å²) in [5.41, 5.74) is 2.72. The molecule has 2 aliphatic rings. The van der Waals surface area contributed by atoms with E-state index in [1.807, 2.05) is 18.2 Å². The Hall–Kier alpha value is -3.02. The van der Waals surface area contributed by atoms with Crippen molar-refractivity contribution in [2.45, 2.75) is 25.3 Å². The molecule has 0 saturated carbocycles. The summed E-state index contributed by atoms with van der Waals surface area (Å²) >= 11 is 0. The zero-order valence-electron chi connectivity index (χ0n) is 13.6. The fourth-order valence-corrected chi connectivity index (χ4v) is 3.54. The Morgan fingerprint density at radius 2 is 2.00 bits per heavy atom. The number of carbonyl (C=O) groups is 3. The van der Waals surface area contributed by atoms with E-state index in [0.717, 1.165) is 29.7 Å². The van der Waals surface area contributed by atoms with E-state index in [0.29, 0.717) is 0 Å². The Labute approximate surface area is 144 Å². The van der Waals surface area contributed by atoms with E-state index in [9.17, 15) is 14.4 Å². The van der Waals surface area contributed by atoms with Crippen LogP contribution in [0.1, 0.15) is 50.9 Å². The summed E-state index contributed by atoms with van der Waals surface area (Å²) in [5, 5.41) is 2.96. The highest BCUT2D eigenvalue weighted by atomic mass is 16.2. The van der Waals surface area contributed by atoms with Crippen molar-refractivity contribution in [3.8, 4) is 0 Å². The van der Waals surface area contributed by atoms with E-state index >= 15 is 0 Å². The molecule has 0 spiro atoms. The molecule has 2 heterocycles. The van der Waals surface area contributed by atoms with Crippen molar-refractivity contribution in [3.63, 3.8) is 0 Å². The maximum Gasteiger partial charge on any atom is 0.280 e. The highest BCUT2D eigenvalue weighted by Crippen LogP contribution is 2.29. The molecule has 6 nitrogen and oxygen atoms in total. The molecule has 3 amide bonds. The number of aromatic nitrogens is 1. The van der Waals surface area contributed by atoms with Crippen LogP contribution in [0, 0.1) is 0 Å². The lowest BCUT2D eigenvalue weighted by molar-refractivity contribution is -0.122. The molecule has 2 aromatic rings. The lowest BCUT2D eigenvalue weighted by Crippen LogP contribution is -2.42. The first-order chi connectivity index (χ1) is 12.1. The molecule has 1 atom stereocenters. The van der Waals surface area contributed by atoms with E-state index in [2.05, 4.69) is 16.4 Å². The molecule has 0 radical (unpaired) electrons. The summed E-state index contributed by atoms with van der Waals surface area (Å²) in [5.74, 6) is -1.32. The zero-order valence-corrected chi connectivity index (χ0v) is 13.6. The fourth-order valence-electron chi connectivity index (χ4n) is 3.54. The van der Waals surface area contributed by atoms with Crippen LogP contribution in [-0.4, -0.2) is 34.2 Å². The predicted octanol–water partition coefficient (Wildman–Crippen LogP) is 1.87. The number of amides is 3. The molecular formula is C19H17N3O3. The van der Waals surface area contributed by atoms with E-state index in [4.69, 9.17) is 0 Å². The highest BCUT2D eigenvalue weighted by molar-refractivity contribution is 6.21. The maximum atomic E-state index is 12.4. The standard InChI is InChI=1S/C19H17N3O3/c23-16(21-15-9-3-6-12-5-1-2-7-13(12)15)11-22-18(24)14-8-4-10-20-17(14)19(22)25/h1-2,4-5,7-8,10,15H,3,6,9,11H2,(H,21,23)/t15-/m0/s1. The molecule has 1 N–H and O–H groups in total. The Kier molecular flexibility index (Phi) is 3.80. The van der Waals surface area contributed by atoms with Gasteiger partial charge in [-0.1, -0.05) is 24.3 Å². The topological polar surface area (TPSA) is 79.4 Å². The normalized spacial score (nSPS) is 18.7. The Bertz CT molecular complexity index is 843. The minimum Gasteiger partial charge on any atom is -0.348 e.